The number of allylic oxidation sites excluding steroid dienone is 3. The van der Waals surface area contributed by atoms with Gasteiger partial charge >= 0.3 is 0 Å². The quantitative estimate of drug-likeness (QED) is 0.480. The molecule has 0 aliphatic rings. The number of rotatable bonds is 7. The summed E-state index contributed by atoms with van der Waals surface area (Å²) in [5.74, 6) is 0. The Balaban J connectivity index is 5.09. The van der Waals surface area contributed by atoms with E-state index in [0.29, 0.717) is 0 Å². The largest absolute Gasteiger partial charge is 0.379 e. The molecule has 0 aromatic heterocycles. The Morgan fingerprint density at radius 1 is 1.24 bits per heavy atom. The topological polar surface area (TPSA) is 21.6 Å². The van der Waals surface area contributed by atoms with Gasteiger partial charge in [0.25, 0.3) is 0 Å². The van der Waals surface area contributed by atoms with Crippen LogP contribution in [-0.4, -0.2) is 18.9 Å². The van der Waals surface area contributed by atoms with Crippen LogP contribution >= 0.6 is 0 Å². The molecule has 0 amide bonds. The molecule has 0 heterocycles. The minimum Gasteiger partial charge on any atom is -0.379 e. The Labute approximate surface area is 106 Å². The molecule has 17 heavy (non-hydrogen) atoms. The molecule has 0 atom stereocenters. The minimum absolute atomic E-state index is 0.0276. The first kappa shape index (κ1) is 15.9. The summed E-state index contributed by atoms with van der Waals surface area (Å²) < 4.78 is 5.49. The maximum absolute atomic E-state index is 5.49. The molecule has 0 aromatic carbocycles. The molecular formula is C15H25NO. The van der Waals surface area contributed by atoms with E-state index < -0.39 is 0 Å². The third kappa shape index (κ3) is 5.64. The number of methoxy groups -OCH3 is 1. The maximum Gasteiger partial charge on any atom is 0.0631 e. The monoisotopic (exact) mass is 235 g/mol. The first-order valence-corrected chi connectivity index (χ1v) is 5.81. The lowest BCUT2D eigenvalue weighted by atomic mass is 9.76. The normalized spacial score (nSPS) is 14.1. The van der Waals surface area contributed by atoms with E-state index >= 15 is 0 Å². The Morgan fingerprint density at radius 3 is 2.24 bits per heavy atom. The zero-order valence-electron chi connectivity index (χ0n) is 11.8. The highest BCUT2D eigenvalue weighted by Crippen LogP contribution is 2.35. The molecule has 0 fully saturated rings. The standard InChI is InChI=1S/C15H25NO/c1-8-10-13(11-16-9-2)14(3,4)12-15(5,6)17-7/h8-11H,1-2,12H2,3-7H3/b13-10+,16-11?. The lowest BCUT2D eigenvalue weighted by molar-refractivity contribution is -0.00538. The molecule has 2 nitrogen and oxygen atoms in total. The lowest BCUT2D eigenvalue weighted by Crippen LogP contribution is -2.32. The Hall–Kier alpha value is -1.15. The molecule has 0 rings (SSSR count). The van der Waals surface area contributed by atoms with Crippen LogP contribution in [0.15, 0.2) is 42.1 Å². The summed E-state index contributed by atoms with van der Waals surface area (Å²) >= 11 is 0. The first-order chi connectivity index (χ1) is 7.79. The van der Waals surface area contributed by atoms with E-state index in [-0.39, 0.29) is 11.0 Å². The molecule has 0 bridgehead atoms. The second-order valence-corrected chi connectivity index (χ2v) is 5.34. The summed E-state index contributed by atoms with van der Waals surface area (Å²) in [4.78, 5) is 4.09. The molecule has 0 spiro atoms. The molecule has 0 saturated carbocycles. The van der Waals surface area contributed by atoms with E-state index in [9.17, 15) is 0 Å². The van der Waals surface area contributed by atoms with Gasteiger partial charge in [0.2, 0.25) is 0 Å². The molecule has 0 unspecified atom stereocenters. The van der Waals surface area contributed by atoms with Crippen molar-refractivity contribution in [2.45, 2.75) is 39.7 Å². The molecule has 0 aliphatic heterocycles. The summed E-state index contributed by atoms with van der Waals surface area (Å²) in [6, 6.07) is 0. The van der Waals surface area contributed by atoms with Gasteiger partial charge in [0, 0.05) is 19.5 Å². The fraction of sp³-hybridized carbons (Fsp3) is 0.533. The average Bonchev–Trinajstić information content (AvgIpc) is 2.22. The van der Waals surface area contributed by atoms with Crippen LogP contribution in [0.4, 0.5) is 0 Å². The van der Waals surface area contributed by atoms with Crippen molar-refractivity contribution in [1.29, 1.82) is 0 Å². The predicted octanol–water partition coefficient (Wildman–Crippen LogP) is 4.15. The SMILES string of the molecule is C=C/C=C(\C=NC=C)C(C)(C)CC(C)(C)OC. The molecule has 2 heteroatoms. The molecule has 0 saturated heterocycles. The number of hydrogen-bond donors (Lipinski definition) is 0. The van der Waals surface area contributed by atoms with Gasteiger partial charge < -0.3 is 4.74 Å². The van der Waals surface area contributed by atoms with E-state index in [1.54, 1.807) is 13.2 Å². The first-order valence-electron chi connectivity index (χ1n) is 5.81. The molecule has 0 N–H and O–H groups in total. The molecular weight excluding hydrogens is 210 g/mol. The maximum atomic E-state index is 5.49. The zero-order valence-corrected chi connectivity index (χ0v) is 11.8. The van der Waals surface area contributed by atoms with E-state index in [1.807, 2.05) is 12.3 Å². The summed E-state index contributed by atoms with van der Waals surface area (Å²) in [7, 11) is 1.74. The van der Waals surface area contributed by atoms with Gasteiger partial charge in [-0.15, -0.1) is 0 Å². The number of ether oxygens (including phenoxy) is 1. The van der Waals surface area contributed by atoms with Gasteiger partial charge in [-0.3, -0.25) is 4.99 Å². The highest BCUT2D eigenvalue weighted by molar-refractivity contribution is 5.81. The van der Waals surface area contributed by atoms with Crippen LogP contribution in [0.3, 0.4) is 0 Å². The highest BCUT2D eigenvalue weighted by atomic mass is 16.5. The third-order valence-electron chi connectivity index (χ3n) is 2.82. The summed E-state index contributed by atoms with van der Waals surface area (Å²) in [6.45, 7) is 15.9. The van der Waals surface area contributed by atoms with E-state index in [2.05, 4.69) is 45.8 Å². The van der Waals surface area contributed by atoms with Gasteiger partial charge in [0.1, 0.15) is 0 Å². The van der Waals surface area contributed by atoms with Crippen molar-refractivity contribution in [1.82, 2.24) is 0 Å². The van der Waals surface area contributed by atoms with Gasteiger partial charge in [-0.05, 0) is 31.3 Å². The Kier molecular flexibility index (Phi) is 6.11. The smallest absolute Gasteiger partial charge is 0.0631 e. The van der Waals surface area contributed by atoms with Crippen molar-refractivity contribution in [2.75, 3.05) is 7.11 Å². The minimum atomic E-state index is -0.161. The van der Waals surface area contributed by atoms with Crippen molar-refractivity contribution >= 4 is 6.21 Å². The van der Waals surface area contributed by atoms with Crippen molar-refractivity contribution in [3.8, 4) is 0 Å². The van der Waals surface area contributed by atoms with Gasteiger partial charge in [0.15, 0.2) is 0 Å². The average molecular weight is 235 g/mol. The number of hydrogen-bond acceptors (Lipinski definition) is 2. The summed E-state index contributed by atoms with van der Waals surface area (Å²) in [5, 5.41) is 0. The van der Waals surface area contributed by atoms with Crippen molar-refractivity contribution < 1.29 is 4.74 Å². The van der Waals surface area contributed by atoms with E-state index in [4.69, 9.17) is 4.74 Å². The zero-order chi connectivity index (χ0) is 13.5. The second kappa shape index (κ2) is 6.55. The molecule has 0 radical (unpaired) electrons. The van der Waals surface area contributed by atoms with Crippen LogP contribution in [-0.2, 0) is 4.74 Å². The molecule has 0 aliphatic carbocycles. The van der Waals surface area contributed by atoms with Crippen LogP contribution < -0.4 is 0 Å². The van der Waals surface area contributed by atoms with Gasteiger partial charge in [0.05, 0.1) is 5.60 Å². The van der Waals surface area contributed by atoms with Crippen molar-refractivity contribution in [2.24, 2.45) is 10.4 Å². The Bertz CT molecular complexity index is 322. The van der Waals surface area contributed by atoms with Crippen LogP contribution in [0.25, 0.3) is 0 Å². The van der Waals surface area contributed by atoms with Crippen molar-refractivity contribution in [3.63, 3.8) is 0 Å². The van der Waals surface area contributed by atoms with Crippen LogP contribution in [0.2, 0.25) is 0 Å². The van der Waals surface area contributed by atoms with Gasteiger partial charge in [-0.1, -0.05) is 39.2 Å². The van der Waals surface area contributed by atoms with Crippen LogP contribution in [0.5, 0.6) is 0 Å². The highest BCUT2D eigenvalue weighted by Gasteiger charge is 2.30. The summed E-state index contributed by atoms with van der Waals surface area (Å²) in [6.07, 6.45) is 8.04. The van der Waals surface area contributed by atoms with Crippen LogP contribution in [0, 0.1) is 5.41 Å². The fourth-order valence-corrected chi connectivity index (χ4v) is 1.94. The lowest BCUT2D eigenvalue weighted by Gasteiger charge is -2.34. The number of aliphatic imine (C=N–C) groups is 1. The van der Waals surface area contributed by atoms with Crippen molar-refractivity contribution in [3.05, 3.63) is 37.1 Å². The van der Waals surface area contributed by atoms with Gasteiger partial charge in [-0.2, -0.15) is 0 Å². The molecule has 0 aromatic rings. The van der Waals surface area contributed by atoms with E-state index in [1.165, 1.54) is 6.20 Å². The number of nitrogens with zero attached hydrogens (tertiary/aromatic N) is 1. The fourth-order valence-electron chi connectivity index (χ4n) is 1.94. The second-order valence-electron chi connectivity index (χ2n) is 5.34. The predicted molar refractivity (Wildman–Crippen MR) is 76.5 cm³/mol. The molecule has 96 valence electrons. The van der Waals surface area contributed by atoms with Crippen LogP contribution in [0.1, 0.15) is 34.1 Å². The summed E-state index contributed by atoms with van der Waals surface area (Å²) in [5.41, 5.74) is 0.934. The van der Waals surface area contributed by atoms with Gasteiger partial charge in [-0.25, -0.2) is 0 Å². The third-order valence-corrected chi connectivity index (χ3v) is 2.82. The van der Waals surface area contributed by atoms with E-state index in [0.717, 1.165) is 12.0 Å². The Morgan fingerprint density at radius 2 is 1.82 bits per heavy atom.